The van der Waals surface area contributed by atoms with Crippen LogP contribution in [0.5, 0.6) is 17.2 Å². The summed E-state index contributed by atoms with van der Waals surface area (Å²) in [6, 6.07) is 26.8. The summed E-state index contributed by atoms with van der Waals surface area (Å²) in [6.45, 7) is 3.72. The molecule has 260 valence electrons. The first-order valence-corrected chi connectivity index (χ1v) is 17.6. The lowest BCUT2D eigenvalue weighted by Gasteiger charge is -2.34. The van der Waals surface area contributed by atoms with Gasteiger partial charge in [-0.15, -0.1) is 0 Å². The number of amides is 2. The van der Waals surface area contributed by atoms with Gasteiger partial charge >= 0.3 is 0 Å². The molecule has 0 aliphatic carbocycles. The highest BCUT2D eigenvalue weighted by atomic mass is 32.2. The van der Waals surface area contributed by atoms with Crippen LogP contribution in [0.15, 0.2) is 102 Å². The minimum atomic E-state index is -4.33. The Bertz CT molecular complexity index is 1800. The van der Waals surface area contributed by atoms with Crippen molar-refractivity contribution in [3.8, 4) is 17.2 Å². The molecular weight excluding hydrogens is 642 g/mol. The molecule has 49 heavy (non-hydrogen) atoms. The van der Waals surface area contributed by atoms with Crippen LogP contribution in [0.3, 0.4) is 0 Å². The largest absolute Gasteiger partial charge is 0.497 e. The van der Waals surface area contributed by atoms with Gasteiger partial charge in [-0.2, -0.15) is 0 Å². The average Bonchev–Trinajstić information content (AvgIpc) is 3.12. The van der Waals surface area contributed by atoms with E-state index in [1.807, 2.05) is 50.2 Å². The van der Waals surface area contributed by atoms with Gasteiger partial charge < -0.3 is 24.4 Å². The van der Waals surface area contributed by atoms with Crippen LogP contribution in [-0.2, 0) is 32.6 Å². The molecule has 1 N–H and O–H groups in total. The van der Waals surface area contributed by atoms with Gasteiger partial charge in [0, 0.05) is 25.6 Å². The molecule has 0 radical (unpaired) electrons. The quantitative estimate of drug-likeness (QED) is 0.140. The van der Waals surface area contributed by atoms with E-state index < -0.39 is 28.5 Å². The molecule has 0 aromatic heterocycles. The number of sulfonamides is 1. The Balaban J connectivity index is 1.86. The minimum absolute atomic E-state index is 0.00624. The molecule has 1 unspecified atom stereocenters. The van der Waals surface area contributed by atoms with Crippen LogP contribution < -0.4 is 23.8 Å². The summed E-state index contributed by atoms with van der Waals surface area (Å²) in [5.74, 6) is 0.261. The van der Waals surface area contributed by atoms with E-state index in [0.29, 0.717) is 23.6 Å². The van der Waals surface area contributed by atoms with Crippen molar-refractivity contribution in [1.82, 2.24) is 10.2 Å². The third-order valence-electron chi connectivity index (χ3n) is 8.13. The van der Waals surface area contributed by atoms with Crippen LogP contribution in [0.1, 0.15) is 36.5 Å². The third kappa shape index (κ3) is 9.54. The summed E-state index contributed by atoms with van der Waals surface area (Å²) in [7, 11) is 0.114. The summed E-state index contributed by atoms with van der Waals surface area (Å²) in [6.07, 6.45) is 1.86. The minimum Gasteiger partial charge on any atom is -0.497 e. The molecule has 10 nitrogen and oxygen atoms in total. The van der Waals surface area contributed by atoms with Crippen molar-refractivity contribution in [3.05, 3.63) is 114 Å². The van der Waals surface area contributed by atoms with Gasteiger partial charge in [-0.25, -0.2) is 8.42 Å². The number of unbranched alkanes of at least 4 members (excludes halogenated alkanes) is 1. The standard InChI is InChI=1S/C38H45N3O7S/c1-6-7-22-39-38(43)35(24-29-12-9-8-10-13-29)40(26-30-14-11-15-31(23-30)46-3)37(42)27-41(34-25-32(47-4)18-21-36(34)48-5)49(44,45)33-19-16-28(2)17-20-33/h8-21,23,25,35H,6-7,22,24,26-27H2,1-5H3,(H,39,43). The van der Waals surface area contributed by atoms with Gasteiger partial charge in [0.15, 0.2) is 0 Å². The van der Waals surface area contributed by atoms with Crippen LogP contribution in [0.2, 0.25) is 0 Å². The number of carbonyl (C=O) groups excluding carboxylic acids is 2. The highest BCUT2D eigenvalue weighted by molar-refractivity contribution is 7.92. The molecule has 4 rings (SSSR count). The zero-order valence-corrected chi connectivity index (χ0v) is 29.5. The molecule has 0 aliphatic heterocycles. The number of ether oxygens (including phenoxy) is 3. The normalized spacial score (nSPS) is 11.7. The molecule has 0 fully saturated rings. The van der Waals surface area contributed by atoms with Gasteiger partial charge in [-0.3, -0.25) is 13.9 Å². The Kier molecular flexibility index (Phi) is 13.1. The first-order chi connectivity index (χ1) is 23.6. The maximum Gasteiger partial charge on any atom is 0.264 e. The number of nitrogens with zero attached hydrogens (tertiary/aromatic N) is 2. The van der Waals surface area contributed by atoms with Crippen LogP contribution in [0, 0.1) is 6.92 Å². The molecule has 0 spiro atoms. The Morgan fingerprint density at radius 1 is 0.796 bits per heavy atom. The molecule has 0 saturated carbocycles. The van der Waals surface area contributed by atoms with Gasteiger partial charge in [-0.05, 0) is 60.9 Å². The zero-order valence-electron chi connectivity index (χ0n) is 28.7. The molecule has 2 amide bonds. The summed E-state index contributed by atoms with van der Waals surface area (Å²) in [4.78, 5) is 30.2. The number of carbonyl (C=O) groups is 2. The number of benzene rings is 4. The van der Waals surface area contributed by atoms with E-state index in [-0.39, 0.29) is 35.2 Å². The Morgan fingerprint density at radius 3 is 2.12 bits per heavy atom. The van der Waals surface area contributed by atoms with Crippen molar-refractivity contribution < 1.29 is 32.2 Å². The Labute approximate surface area is 289 Å². The monoisotopic (exact) mass is 687 g/mol. The molecule has 4 aromatic rings. The van der Waals surface area contributed by atoms with Gasteiger partial charge in [0.2, 0.25) is 11.8 Å². The Morgan fingerprint density at radius 2 is 1.47 bits per heavy atom. The number of hydrogen-bond acceptors (Lipinski definition) is 7. The lowest BCUT2D eigenvalue weighted by Crippen LogP contribution is -2.53. The number of anilines is 1. The van der Waals surface area contributed by atoms with Crippen molar-refractivity contribution in [2.75, 3.05) is 38.7 Å². The van der Waals surface area contributed by atoms with Gasteiger partial charge in [0.05, 0.1) is 31.9 Å². The van der Waals surface area contributed by atoms with Crippen molar-refractivity contribution >= 4 is 27.5 Å². The second-order valence-electron chi connectivity index (χ2n) is 11.6. The van der Waals surface area contributed by atoms with Crippen LogP contribution in [0.4, 0.5) is 5.69 Å². The average molecular weight is 688 g/mol. The summed E-state index contributed by atoms with van der Waals surface area (Å²) < 4.78 is 46.4. The molecule has 1 atom stereocenters. The third-order valence-corrected chi connectivity index (χ3v) is 9.90. The maximum atomic E-state index is 14.8. The van der Waals surface area contributed by atoms with Gasteiger partial charge in [0.25, 0.3) is 10.0 Å². The lowest BCUT2D eigenvalue weighted by atomic mass is 10.0. The maximum absolute atomic E-state index is 14.8. The highest BCUT2D eigenvalue weighted by Crippen LogP contribution is 2.36. The highest BCUT2D eigenvalue weighted by Gasteiger charge is 2.35. The molecule has 0 bridgehead atoms. The van der Waals surface area contributed by atoms with Crippen molar-refractivity contribution in [2.45, 2.75) is 50.6 Å². The van der Waals surface area contributed by atoms with Crippen LogP contribution in [-0.4, -0.2) is 65.6 Å². The fourth-order valence-corrected chi connectivity index (χ4v) is 6.79. The van der Waals surface area contributed by atoms with E-state index in [1.54, 1.807) is 49.6 Å². The number of aryl methyl sites for hydroxylation is 1. The molecule has 0 heterocycles. The van der Waals surface area contributed by atoms with E-state index in [1.165, 1.54) is 37.3 Å². The van der Waals surface area contributed by atoms with Crippen LogP contribution in [0.25, 0.3) is 0 Å². The fraction of sp³-hybridized carbons (Fsp3) is 0.316. The number of methoxy groups -OCH3 is 3. The van der Waals surface area contributed by atoms with Gasteiger partial charge in [-0.1, -0.05) is 73.5 Å². The van der Waals surface area contributed by atoms with E-state index in [9.17, 15) is 18.0 Å². The molecule has 11 heteroatoms. The van der Waals surface area contributed by atoms with Crippen LogP contribution >= 0.6 is 0 Å². The predicted molar refractivity (Wildman–Crippen MR) is 191 cm³/mol. The van der Waals surface area contributed by atoms with E-state index >= 15 is 0 Å². The topological polar surface area (TPSA) is 114 Å². The summed E-state index contributed by atoms with van der Waals surface area (Å²) >= 11 is 0. The lowest BCUT2D eigenvalue weighted by molar-refractivity contribution is -0.140. The second kappa shape index (κ2) is 17.4. The first-order valence-electron chi connectivity index (χ1n) is 16.2. The number of rotatable bonds is 17. The predicted octanol–water partition coefficient (Wildman–Crippen LogP) is 5.77. The van der Waals surface area contributed by atoms with E-state index in [4.69, 9.17) is 14.2 Å². The van der Waals surface area contributed by atoms with Crippen molar-refractivity contribution in [1.29, 1.82) is 0 Å². The zero-order chi connectivity index (χ0) is 35.4. The fourth-order valence-electron chi connectivity index (χ4n) is 5.37. The molecular formula is C38H45N3O7S. The number of nitrogens with one attached hydrogen (secondary N) is 1. The van der Waals surface area contributed by atoms with E-state index in [2.05, 4.69) is 5.32 Å². The SMILES string of the molecule is CCCCNC(=O)C(Cc1ccccc1)N(Cc1cccc(OC)c1)C(=O)CN(c1cc(OC)ccc1OC)S(=O)(=O)c1ccc(C)cc1. The second-order valence-corrected chi connectivity index (χ2v) is 13.4. The first kappa shape index (κ1) is 36.8. The van der Waals surface area contributed by atoms with E-state index in [0.717, 1.165) is 28.3 Å². The molecule has 0 saturated heterocycles. The smallest absolute Gasteiger partial charge is 0.264 e. The molecule has 4 aromatic carbocycles. The molecule has 0 aliphatic rings. The van der Waals surface area contributed by atoms with Crippen molar-refractivity contribution in [3.63, 3.8) is 0 Å². The number of hydrogen-bond donors (Lipinski definition) is 1. The summed E-state index contributed by atoms with van der Waals surface area (Å²) in [5.41, 5.74) is 2.55. The summed E-state index contributed by atoms with van der Waals surface area (Å²) in [5, 5.41) is 3.00. The van der Waals surface area contributed by atoms with Crippen molar-refractivity contribution in [2.24, 2.45) is 0 Å². The Hall–Kier alpha value is -5.03. The van der Waals surface area contributed by atoms with Gasteiger partial charge in [0.1, 0.15) is 29.8 Å².